The van der Waals surface area contributed by atoms with Gasteiger partial charge in [0.1, 0.15) is 0 Å². The Morgan fingerprint density at radius 2 is 1.44 bits per heavy atom. The number of nitrogens with zero attached hydrogens (tertiary/aromatic N) is 2. The van der Waals surface area contributed by atoms with Gasteiger partial charge in [-0.3, -0.25) is 9.97 Å². The van der Waals surface area contributed by atoms with E-state index in [0.29, 0.717) is 0 Å². The summed E-state index contributed by atoms with van der Waals surface area (Å²) < 4.78 is 0. The highest BCUT2D eigenvalue weighted by atomic mass is 14.8. The van der Waals surface area contributed by atoms with Crippen molar-refractivity contribution in [3.8, 4) is 22.5 Å². The standard InChI is InChI=1S/C16H11N2/c1-3-7-13(8-4-1)15-16(18-12-11-17-15)14-9-5-2-6-10-14/h1-9,11-12H. The molecule has 2 nitrogen and oxygen atoms in total. The topological polar surface area (TPSA) is 25.8 Å². The van der Waals surface area contributed by atoms with Crippen LogP contribution < -0.4 is 0 Å². The first-order valence-corrected chi connectivity index (χ1v) is 5.78. The fourth-order valence-corrected chi connectivity index (χ4v) is 1.88. The normalized spacial score (nSPS) is 10.2. The second-order valence-electron chi connectivity index (χ2n) is 3.90. The molecule has 1 aromatic heterocycles. The predicted octanol–water partition coefficient (Wildman–Crippen LogP) is 3.61. The largest absolute Gasteiger partial charge is 0.252 e. The third kappa shape index (κ3) is 2.00. The van der Waals surface area contributed by atoms with Crippen molar-refractivity contribution in [2.45, 2.75) is 0 Å². The molecule has 1 radical (unpaired) electrons. The maximum atomic E-state index is 4.44. The van der Waals surface area contributed by atoms with Crippen molar-refractivity contribution in [1.29, 1.82) is 0 Å². The molecule has 0 atom stereocenters. The highest BCUT2D eigenvalue weighted by molar-refractivity contribution is 5.77. The first kappa shape index (κ1) is 10.7. The minimum absolute atomic E-state index is 0.865. The molecule has 3 rings (SSSR count). The second-order valence-corrected chi connectivity index (χ2v) is 3.90. The Bertz CT molecular complexity index is 575. The van der Waals surface area contributed by atoms with E-state index in [2.05, 4.69) is 16.0 Å². The van der Waals surface area contributed by atoms with Crippen LogP contribution in [0.4, 0.5) is 0 Å². The summed E-state index contributed by atoms with van der Waals surface area (Å²) in [6.07, 6.45) is 3.43. The molecule has 0 bridgehead atoms. The average molecular weight is 231 g/mol. The van der Waals surface area contributed by atoms with Crippen LogP contribution in [0, 0.1) is 6.07 Å². The van der Waals surface area contributed by atoms with Crippen LogP contribution in [0.1, 0.15) is 0 Å². The Morgan fingerprint density at radius 3 is 2.17 bits per heavy atom. The van der Waals surface area contributed by atoms with Gasteiger partial charge in [-0.2, -0.15) is 0 Å². The van der Waals surface area contributed by atoms with E-state index < -0.39 is 0 Å². The average Bonchev–Trinajstić information content (AvgIpc) is 2.49. The summed E-state index contributed by atoms with van der Waals surface area (Å²) in [6, 6.07) is 21.1. The summed E-state index contributed by atoms with van der Waals surface area (Å²) >= 11 is 0. The third-order valence-electron chi connectivity index (χ3n) is 2.71. The molecular weight excluding hydrogens is 220 g/mol. The van der Waals surface area contributed by atoms with Crippen LogP contribution >= 0.6 is 0 Å². The van der Waals surface area contributed by atoms with Gasteiger partial charge in [-0.25, -0.2) is 0 Å². The second kappa shape index (κ2) is 4.80. The lowest BCUT2D eigenvalue weighted by atomic mass is 10.0. The molecule has 0 N–H and O–H groups in total. The molecule has 0 saturated heterocycles. The molecule has 18 heavy (non-hydrogen) atoms. The van der Waals surface area contributed by atoms with E-state index in [1.54, 1.807) is 12.4 Å². The van der Waals surface area contributed by atoms with E-state index in [4.69, 9.17) is 0 Å². The van der Waals surface area contributed by atoms with E-state index in [1.807, 2.05) is 54.6 Å². The molecule has 2 aromatic carbocycles. The number of hydrogen-bond donors (Lipinski definition) is 0. The Hall–Kier alpha value is -2.48. The Balaban J connectivity index is 2.18. The number of hydrogen-bond acceptors (Lipinski definition) is 2. The van der Waals surface area contributed by atoms with E-state index in [0.717, 1.165) is 22.5 Å². The summed E-state index contributed by atoms with van der Waals surface area (Å²) in [5.41, 5.74) is 3.78. The summed E-state index contributed by atoms with van der Waals surface area (Å²) in [5.74, 6) is 0. The van der Waals surface area contributed by atoms with Crippen LogP contribution in [0.15, 0.2) is 67.0 Å². The predicted molar refractivity (Wildman–Crippen MR) is 71.7 cm³/mol. The van der Waals surface area contributed by atoms with Crippen molar-refractivity contribution in [2.75, 3.05) is 0 Å². The van der Waals surface area contributed by atoms with E-state index >= 15 is 0 Å². The first-order valence-electron chi connectivity index (χ1n) is 5.78. The third-order valence-corrected chi connectivity index (χ3v) is 2.71. The van der Waals surface area contributed by atoms with E-state index in [1.165, 1.54) is 0 Å². The molecule has 0 aliphatic heterocycles. The van der Waals surface area contributed by atoms with Crippen LogP contribution in [0.25, 0.3) is 22.5 Å². The molecule has 0 aliphatic carbocycles. The van der Waals surface area contributed by atoms with Crippen LogP contribution in [0.5, 0.6) is 0 Å². The van der Waals surface area contributed by atoms with Gasteiger partial charge < -0.3 is 0 Å². The van der Waals surface area contributed by atoms with Gasteiger partial charge in [0.2, 0.25) is 0 Å². The zero-order chi connectivity index (χ0) is 12.2. The summed E-state index contributed by atoms with van der Waals surface area (Å²) in [6.45, 7) is 0. The first-order chi connectivity index (χ1) is 8.95. The minimum atomic E-state index is 0.865. The fourth-order valence-electron chi connectivity index (χ4n) is 1.88. The van der Waals surface area contributed by atoms with Crippen molar-refractivity contribution in [1.82, 2.24) is 9.97 Å². The van der Waals surface area contributed by atoms with Gasteiger partial charge in [-0.15, -0.1) is 0 Å². The summed E-state index contributed by atoms with van der Waals surface area (Å²) in [7, 11) is 0. The molecule has 85 valence electrons. The molecule has 0 spiro atoms. The fraction of sp³-hybridized carbons (Fsp3) is 0. The smallest absolute Gasteiger partial charge is 0.0971 e. The van der Waals surface area contributed by atoms with Gasteiger partial charge >= 0.3 is 0 Å². The SMILES string of the molecule is [c]1ccccc1-c1nccnc1-c1ccccc1. The Kier molecular flexibility index (Phi) is 2.84. The van der Waals surface area contributed by atoms with E-state index in [-0.39, 0.29) is 0 Å². The Morgan fingerprint density at radius 1 is 0.722 bits per heavy atom. The minimum Gasteiger partial charge on any atom is -0.252 e. The van der Waals surface area contributed by atoms with Crippen molar-refractivity contribution in [3.63, 3.8) is 0 Å². The number of benzene rings is 2. The van der Waals surface area contributed by atoms with Crippen molar-refractivity contribution >= 4 is 0 Å². The zero-order valence-corrected chi connectivity index (χ0v) is 9.75. The molecule has 2 heteroatoms. The number of rotatable bonds is 2. The van der Waals surface area contributed by atoms with Crippen LogP contribution in [0.3, 0.4) is 0 Å². The maximum Gasteiger partial charge on any atom is 0.0971 e. The van der Waals surface area contributed by atoms with Gasteiger partial charge in [0.25, 0.3) is 0 Å². The summed E-state index contributed by atoms with van der Waals surface area (Å²) in [4.78, 5) is 8.87. The Labute approximate surface area is 106 Å². The molecule has 0 fully saturated rings. The molecule has 0 amide bonds. The monoisotopic (exact) mass is 231 g/mol. The molecule has 0 saturated carbocycles. The van der Waals surface area contributed by atoms with Crippen LogP contribution in [0.2, 0.25) is 0 Å². The van der Waals surface area contributed by atoms with E-state index in [9.17, 15) is 0 Å². The van der Waals surface area contributed by atoms with Crippen LogP contribution in [-0.2, 0) is 0 Å². The van der Waals surface area contributed by atoms with Gasteiger partial charge in [0.05, 0.1) is 11.4 Å². The van der Waals surface area contributed by atoms with Gasteiger partial charge in [-0.1, -0.05) is 54.6 Å². The zero-order valence-electron chi connectivity index (χ0n) is 9.75. The lowest BCUT2D eigenvalue weighted by Crippen LogP contribution is -1.91. The number of aromatic nitrogens is 2. The van der Waals surface area contributed by atoms with Gasteiger partial charge in [-0.05, 0) is 6.07 Å². The highest BCUT2D eigenvalue weighted by Crippen LogP contribution is 2.27. The lowest BCUT2D eigenvalue weighted by Gasteiger charge is -2.06. The van der Waals surface area contributed by atoms with Crippen LogP contribution in [-0.4, -0.2) is 9.97 Å². The maximum absolute atomic E-state index is 4.44. The molecular formula is C16H11N2. The lowest BCUT2D eigenvalue weighted by molar-refractivity contribution is 1.21. The molecule has 0 unspecified atom stereocenters. The molecule has 0 aliphatic rings. The van der Waals surface area contributed by atoms with Gasteiger partial charge in [0.15, 0.2) is 0 Å². The van der Waals surface area contributed by atoms with Crippen molar-refractivity contribution in [2.24, 2.45) is 0 Å². The molecule has 1 heterocycles. The molecule has 3 aromatic rings. The quantitative estimate of drug-likeness (QED) is 0.673. The summed E-state index contributed by atoms with van der Waals surface area (Å²) in [5, 5.41) is 0. The van der Waals surface area contributed by atoms with Gasteiger partial charge in [0, 0.05) is 23.5 Å². The van der Waals surface area contributed by atoms with Crippen molar-refractivity contribution in [3.05, 3.63) is 73.1 Å². The highest BCUT2D eigenvalue weighted by Gasteiger charge is 2.08. The van der Waals surface area contributed by atoms with Crippen molar-refractivity contribution < 1.29 is 0 Å².